The first-order valence-corrected chi connectivity index (χ1v) is 19.3. The highest BCUT2D eigenvalue weighted by Gasteiger charge is 2.44. The third-order valence-corrected chi connectivity index (χ3v) is 11.8. The average molecular weight is 628 g/mol. The van der Waals surface area contributed by atoms with Crippen LogP contribution in [0.2, 0.25) is 0 Å². The molecule has 1 fully saturated rings. The van der Waals surface area contributed by atoms with E-state index < -0.39 is 0 Å². The first kappa shape index (κ1) is 36.7. The number of aliphatic imine (C=N–C) groups is 1. The number of amides is 2. The van der Waals surface area contributed by atoms with Crippen LogP contribution in [-0.4, -0.2) is 71.7 Å². The molecule has 2 amide bonds. The number of unbranched alkanes of at least 4 members (excludes halogenated alkanes) is 13. The van der Waals surface area contributed by atoms with Crippen LogP contribution in [0.4, 0.5) is 16.2 Å². The third-order valence-electron chi connectivity index (χ3n) is 10.5. The number of hydrogen-bond acceptors (Lipinski definition) is 4. The van der Waals surface area contributed by atoms with Gasteiger partial charge in [0.2, 0.25) is 5.65 Å². The molecule has 248 valence electrons. The molecule has 0 aromatic heterocycles. The number of carbonyl (C=O) groups excluding carboxylic acids is 2. The number of benzene rings is 1. The molecule has 0 N–H and O–H groups in total. The van der Waals surface area contributed by atoms with Crippen molar-refractivity contribution in [3.8, 4) is 0 Å². The predicted molar refractivity (Wildman–Crippen MR) is 191 cm³/mol. The Labute approximate surface area is 271 Å². The molecule has 2 aliphatic heterocycles. The van der Waals surface area contributed by atoms with Crippen molar-refractivity contribution in [2.75, 3.05) is 44.2 Å². The molecule has 2 aliphatic rings. The van der Waals surface area contributed by atoms with Crippen molar-refractivity contribution in [3.05, 3.63) is 23.3 Å². The van der Waals surface area contributed by atoms with Crippen molar-refractivity contribution in [3.63, 3.8) is 0 Å². The van der Waals surface area contributed by atoms with E-state index in [4.69, 9.17) is 4.99 Å². The smallest absolute Gasteiger partial charge is 0.277 e. The first-order valence-electron chi connectivity index (χ1n) is 18.2. The summed E-state index contributed by atoms with van der Waals surface area (Å²) in [4.78, 5) is 36.0. The van der Waals surface area contributed by atoms with Gasteiger partial charge in [0.05, 0.1) is 37.6 Å². The third kappa shape index (κ3) is 10.1. The van der Waals surface area contributed by atoms with E-state index >= 15 is 0 Å². The van der Waals surface area contributed by atoms with Crippen molar-refractivity contribution in [1.82, 2.24) is 4.90 Å². The highest BCUT2D eigenvalue weighted by Crippen LogP contribution is 2.44. The lowest BCUT2D eigenvalue weighted by molar-refractivity contribution is -0.923. The van der Waals surface area contributed by atoms with Crippen molar-refractivity contribution >= 4 is 37.2 Å². The van der Waals surface area contributed by atoms with Gasteiger partial charge in [-0.25, -0.2) is 4.99 Å². The minimum Gasteiger partial charge on any atom is -0.357 e. The van der Waals surface area contributed by atoms with Crippen LogP contribution in [0.25, 0.3) is 0 Å². The second-order valence-corrected chi connectivity index (χ2v) is 14.7. The van der Waals surface area contributed by atoms with Gasteiger partial charge in [-0.05, 0) is 64.3 Å². The fourth-order valence-corrected chi connectivity index (χ4v) is 8.31. The molecule has 6 nitrogen and oxygen atoms in total. The van der Waals surface area contributed by atoms with Crippen LogP contribution in [0.5, 0.6) is 0 Å². The Morgan fingerprint density at radius 3 is 1.77 bits per heavy atom. The van der Waals surface area contributed by atoms with E-state index in [1.54, 1.807) is 0 Å². The van der Waals surface area contributed by atoms with Crippen molar-refractivity contribution in [1.29, 1.82) is 0 Å². The van der Waals surface area contributed by atoms with E-state index in [1.165, 1.54) is 99.5 Å². The van der Waals surface area contributed by atoms with Gasteiger partial charge in [-0.2, -0.15) is 0 Å². The fraction of sp³-hybridized carbons (Fsp3) is 0.757. The van der Waals surface area contributed by atoms with Crippen LogP contribution in [0, 0.1) is 13.8 Å². The summed E-state index contributed by atoms with van der Waals surface area (Å²) >= 11 is 0. The van der Waals surface area contributed by atoms with E-state index in [2.05, 4.69) is 58.6 Å². The summed E-state index contributed by atoms with van der Waals surface area (Å²) in [5.41, 5.74) is 4.96. The van der Waals surface area contributed by atoms with Gasteiger partial charge in [-0.1, -0.05) is 90.4 Å². The normalized spacial score (nSPS) is 17.3. The molecule has 0 saturated carbocycles. The molecule has 0 spiro atoms. The van der Waals surface area contributed by atoms with Gasteiger partial charge in [0, 0.05) is 28.1 Å². The molecule has 2 heterocycles. The van der Waals surface area contributed by atoms with E-state index in [-0.39, 0.29) is 25.9 Å². The van der Waals surface area contributed by atoms with Crippen molar-refractivity contribution in [2.24, 2.45) is 4.99 Å². The number of carbonyl (C=O) groups is 2. The van der Waals surface area contributed by atoms with Crippen molar-refractivity contribution in [2.45, 2.75) is 144 Å². The number of quaternary nitrogens is 1. The topological polar surface area (TPSA) is 53.0 Å². The van der Waals surface area contributed by atoms with Crippen LogP contribution in [0.15, 0.2) is 17.1 Å². The number of hydrogen-bond donors (Lipinski definition) is 0. The van der Waals surface area contributed by atoms with Gasteiger partial charge in [-0.15, -0.1) is 0 Å². The summed E-state index contributed by atoms with van der Waals surface area (Å²) < 4.78 is 1.03. The maximum Gasteiger partial charge on any atom is 0.277 e. The monoisotopic (exact) mass is 627 g/mol. The Bertz CT molecular complexity index is 1080. The second kappa shape index (κ2) is 19.0. The van der Waals surface area contributed by atoms with Crippen LogP contribution in [-0.2, 0) is 4.79 Å². The molecule has 0 aliphatic carbocycles. The maximum atomic E-state index is 13.8. The fourth-order valence-electron chi connectivity index (χ4n) is 6.96. The van der Waals surface area contributed by atoms with E-state index in [9.17, 15) is 9.59 Å². The molecule has 2 atom stereocenters. The average Bonchev–Trinajstić information content (AvgIpc) is 3.02. The number of anilines is 1. The SMILES string of the molecule is CCCCCCCCCCCCCCCCN1c2cc(C)c(C)cc2N=C2C(=O)N(CCC[N+](CC)(CC)CC)C(=O)PC21. The Balaban J connectivity index is 1.53. The minimum absolute atomic E-state index is 0.0141. The molecule has 3 rings (SSSR count). The van der Waals surface area contributed by atoms with Gasteiger partial charge in [0.15, 0.2) is 0 Å². The molecule has 1 saturated heterocycles. The molecule has 44 heavy (non-hydrogen) atoms. The molecule has 0 radical (unpaired) electrons. The van der Waals surface area contributed by atoms with Crippen LogP contribution < -0.4 is 4.90 Å². The molecule has 0 bridgehead atoms. The highest BCUT2D eigenvalue weighted by molar-refractivity contribution is 7.60. The summed E-state index contributed by atoms with van der Waals surface area (Å²) in [6.07, 6.45) is 19.6. The second-order valence-electron chi connectivity index (χ2n) is 13.4. The molecule has 7 heteroatoms. The lowest BCUT2D eigenvalue weighted by atomic mass is 10.0. The summed E-state index contributed by atoms with van der Waals surface area (Å²) in [7, 11) is 0.0236. The Kier molecular flexibility index (Phi) is 15.9. The molecular weight excluding hydrogens is 563 g/mol. The number of aryl methyl sites for hydroxylation is 2. The van der Waals surface area contributed by atoms with Crippen LogP contribution >= 0.6 is 8.58 Å². The number of nitrogens with zero attached hydrogens (tertiary/aromatic N) is 4. The zero-order valence-electron chi connectivity index (χ0n) is 29.2. The Morgan fingerprint density at radius 1 is 0.705 bits per heavy atom. The van der Waals surface area contributed by atoms with Crippen LogP contribution in [0.1, 0.15) is 135 Å². The molecule has 2 unspecified atom stereocenters. The highest BCUT2D eigenvalue weighted by atomic mass is 31.1. The minimum atomic E-state index is -0.223. The van der Waals surface area contributed by atoms with Gasteiger partial charge in [-0.3, -0.25) is 14.5 Å². The van der Waals surface area contributed by atoms with Crippen molar-refractivity contribution < 1.29 is 14.1 Å². The summed E-state index contributed by atoms with van der Waals surface area (Å²) in [6, 6.07) is 4.34. The summed E-state index contributed by atoms with van der Waals surface area (Å²) in [5, 5.41) is 0. The van der Waals surface area contributed by atoms with Crippen LogP contribution in [0.3, 0.4) is 0 Å². The van der Waals surface area contributed by atoms with Gasteiger partial charge < -0.3 is 9.38 Å². The lowest BCUT2D eigenvalue weighted by Crippen LogP contribution is -2.55. The predicted octanol–water partition coefficient (Wildman–Crippen LogP) is 9.91. The Hall–Kier alpha value is -1.78. The largest absolute Gasteiger partial charge is 0.357 e. The number of rotatable bonds is 22. The Morgan fingerprint density at radius 2 is 1.23 bits per heavy atom. The summed E-state index contributed by atoms with van der Waals surface area (Å²) in [5.74, 6) is -0.393. The first-order chi connectivity index (χ1) is 21.3. The molecular formula is C37H64N4O2P+. The van der Waals surface area contributed by atoms with Gasteiger partial charge >= 0.3 is 0 Å². The number of fused-ring (bicyclic) bond motifs is 2. The quantitative estimate of drug-likeness (QED) is 0.0730. The number of imide groups is 1. The molecule has 1 aromatic rings. The van der Waals surface area contributed by atoms with E-state index in [0.717, 1.165) is 61.4 Å². The van der Waals surface area contributed by atoms with E-state index in [0.29, 0.717) is 12.3 Å². The molecule has 1 aromatic carbocycles. The summed E-state index contributed by atoms with van der Waals surface area (Å²) in [6.45, 7) is 18.8. The van der Waals surface area contributed by atoms with Gasteiger partial charge in [0.25, 0.3) is 5.91 Å². The standard InChI is InChI=1S/C37H64N4O2P/c1-7-11-12-13-14-15-16-17-18-19-20-21-22-23-25-39-33-29-31(6)30(5)28-32(33)38-34-35(42)40(37(43)44-36(34)39)26-24-27-41(8-2,9-3)10-4/h28-29,36,44H,7-27H2,1-6H3/q+1. The van der Waals surface area contributed by atoms with E-state index in [1.807, 2.05) is 0 Å². The maximum absolute atomic E-state index is 13.8. The zero-order valence-corrected chi connectivity index (χ0v) is 30.2. The van der Waals surface area contributed by atoms with Gasteiger partial charge in [0.1, 0.15) is 11.5 Å². The lowest BCUT2D eigenvalue weighted by Gasteiger charge is -2.42. The zero-order chi connectivity index (χ0) is 32.0.